The summed E-state index contributed by atoms with van der Waals surface area (Å²) in [6.45, 7) is 8.94. The standard InChI is InChI=1S/C18H24N2O/c1-5-15-12-16(20(6-2)19-15)13-17(21)18(3,4)14-10-8-7-9-11-14/h7-12H,5-6,13H2,1-4H3. The molecule has 0 aliphatic carbocycles. The van der Waals surface area contributed by atoms with Crippen LogP contribution in [0.15, 0.2) is 36.4 Å². The summed E-state index contributed by atoms with van der Waals surface area (Å²) < 4.78 is 1.94. The summed E-state index contributed by atoms with van der Waals surface area (Å²) >= 11 is 0. The molecule has 0 aliphatic rings. The molecule has 1 aromatic carbocycles. The van der Waals surface area contributed by atoms with Gasteiger partial charge in [0, 0.05) is 24.1 Å². The molecule has 1 heterocycles. The Labute approximate surface area is 127 Å². The zero-order valence-corrected chi connectivity index (χ0v) is 13.4. The summed E-state index contributed by atoms with van der Waals surface area (Å²) in [5.41, 5.74) is 2.66. The molecular formula is C18H24N2O. The predicted molar refractivity (Wildman–Crippen MR) is 85.5 cm³/mol. The van der Waals surface area contributed by atoms with Crippen LogP contribution in [0.1, 0.15) is 44.6 Å². The van der Waals surface area contributed by atoms with Gasteiger partial charge in [0.05, 0.1) is 5.69 Å². The third kappa shape index (κ3) is 3.23. The van der Waals surface area contributed by atoms with Gasteiger partial charge in [0.15, 0.2) is 0 Å². The fraction of sp³-hybridized carbons (Fsp3) is 0.444. The second-order valence-corrected chi connectivity index (χ2v) is 5.89. The van der Waals surface area contributed by atoms with Crippen molar-refractivity contribution in [2.45, 2.75) is 52.5 Å². The number of aryl methyl sites for hydroxylation is 2. The Bertz CT molecular complexity index is 611. The number of Topliss-reactive ketones (excluding diaryl/α,β-unsaturated/α-hetero) is 1. The van der Waals surface area contributed by atoms with E-state index in [1.54, 1.807) is 0 Å². The Morgan fingerprint density at radius 1 is 1.19 bits per heavy atom. The van der Waals surface area contributed by atoms with E-state index in [4.69, 9.17) is 0 Å². The first kappa shape index (κ1) is 15.5. The normalized spacial score (nSPS) is 11.6. The van der Waals surface area contributed by atoms with Crippen molar-refractivity contribution in [1.29, 1.82) is 0 Å². The molecule has 0 saturated carbocycles. The molecule has 0 N–H and O–H groups in total. The predicted octanol–water partition coefficient (Wildman–Crippen LogP) is 3.55. The lowest BCUT2D eigenvalue weighted by Crippen LogP contribution is -2.31. The molecule has 0 bridgehead atoms. The van der Waals surface area contributed by atoms with Crippen LogP contribution in [-0.4, -0.2) is 15.6 Å². The Balaban J connectivity index is 2.23. The molecule has 1 aromatic heterocycles. The van der Waals surface area contributed by atoms with Gasteiger partial charge in [-0.25, -0.2) is 0 Å². The van der Waals surface area contributed by atoms with Crippen LogP contribution in [0.25, 0.3) is 0 Å². The lowest BCUT2D eigenvalue weighted by Gasteiger charge is -2.23. The van der Waals surface area contributed by atoms with Gasteiger partial charge in [0.1, 0.15) is 5.78 Å². The highest BCUT2D eigenvalue weighted by Gasteiger charge is 2.30. The maximum Gasteiger partial charge on any atom is 0.148 e. The van der Waals surface area contributed by atoms with Gasteiger partial charge < -0.3 is 0 Å². The summed E-state index contributed by atoms with van der Waals surface area (Å²) in [4.78, 5) is 12.8. The molecule has 0 radical (unpaired) electrons. The SMILES string of the molecule is CCc1cc(CC(=O)C(C)(C)c2ccccc2)n(CC)n1. The van der Waals surface area contributed by atoms with Crippen molar-refractivity contribution in [3.8, 4) is 0 Å². The smallest absolute Gasteiger partial charge is 0.148 e. The van der Waals surface area contributed by atoms with E-state index in [2.05, 4.69) is 25.0 Å². The van der Waals surface area contributed by atoms with Crippen LogP contribution in [-0.2, 0) is 29.6 Å². The van der Waals surface area contributed by atoms with Gasteiger partial charge in [-0.15, -0.1) is 0 Å². The summed E-state index contributed by atoms with van der Waals surface area (Å²) in [6, 6.07) is 12.0. The van der Waals surface area contributed by atoms with Gasteiger partial charge >= 0.3 is 0 Å². The highest BCUT2D eigenvalue weighted by molar-refractivity contribution is 5.90. The molecule has 0 saturated heterocycles. The van der Waals surface area contributed by atoms with E-state index in [9.17, 15) is 4.79 Å². The van der Waals surface area contributed by atoms with E-state index < -0.39 is 5.41 Å². The van der Waals surface area contributed by atoms with Crippen molar-refractivity contribution in [3.05, 3.63) is 53.3 Å². The van der Waals surface area contributed by atoms with Crippen molar-refractivity contribution in [2.75, 3.05) is 0 Å². The number of aromatic nitrogens is 2. The van der Waals surface area contributed by atoms with Gasteiger partial charge in [0.25, 0.3) is 0 Å². The summed E-state index contributed by atoms with van der Waals surface area (Å²) in [6.07, 6.45) is 1.33. The first-order valence-corrected chi connectivity index (χ1v) is 7.63. The zero-order chi connectivity index (χ0) is 15.5. The number of carbonyl (C=O) groups excluding carboxylic acids is 1. The number of hydrogen-bond donors (Lipinski definition) is 0. The van der Waals surface area contributed by atoms with E-state index in [0.717, 1.165) is 29.9 Å². The number of hydrogen-bond acceptors (Lipinski definition) is 2. The minimum atomic E-state index is -0.476. The first-order valence-electron chi connectivity index (χ1n) is 7.63. The van der Waals surface area contributed by atoms with Crippen LogP contribution < -0.4 is 0 Å². The van der Waals surface area contributed by atoms with Crippen molar-refractivity contribution < 1.29 is 4.79 Å². The van der Waals surface area contributed by atoms with Crippen LogP contribution in [0.3, 0.4) is 0 Å². The number of nitrogens with zero attached hydrogens (tertiary/aromatic N) is 2. The number of ketones is 1. The maximum atomic E-state index is 12.8. The van der Waals surface area contributed by atoms with Crippen LogP contribution in [0.2, 0.25) is 0 Å². The molecule has 3 heteroatoms. The molecule has 3 nitrogen and oxygen atoms in total. The van der Waals surface area contributed by atoms with Gasteiger partial charge in [-0.2, -0.15) is 5.10 Å². The van der Waals surface area contributed by atoms with Gasteiger partial charge in [-0.05, 0) is 38.8 Å². The number of benzene rings is 1. The minimum Gasteiger partial charge on any atom is -0.298 e. The Kier molecular flexibility index (Phi) is 4.61. The van der Waals surface area contributed by atoms with E-state index in [1.165, 1.54) is 0 Å². The topological polar surface area (TPSA) is 34.9 Å². The molecule has 112 valence electrons. The largest absolute Gasteiger partial charge is 0.298 e. The molecular weight excluding hydrogens is 260 g/mol. The van der Waals surface area contributed by atoms with E-state index in [0.29, 0.717) is 6.42 Å². The lowest BCUT2D eigenvalue weighted by molar-refractivity contribution is -0.122. The Morgan fingerprint density at radius 2 is 1.86 bits per heavy atom. The molecule has 21 heavy (non-hydrogen) atoms. The highest BCUT2D eigenvalue weighted by atomic mass is 16.1. The Hall–Kier alpha value is -1.90. The molecule has 0 fully saturated rings. The fourth-order valence-corrected chi connectivity index (χ4v) is 2.51. The van der Waals surface area contributed by atoms with Crippen LogP contribution in [0, 0.1) is 0 Å². The molecule has 0 atom stereocenters. The molecule has 2 rings (SSSR count). The van der Waals surface area contributed by atoms with Crippen LogP contribution in [0.4, 0.5) is 0 Å². The lowest BCUT2D eigenvalue weighted by atomic mass is 9.79. The van der Waals surface area contributed by atoms with Gasteiger partial charge in [-0.1, -0.05) is 37.3 Å². The van der Waals surface area contributed by atoms with E-state index in [-0.39, 0.29) is 5.78 Å². The van der Waals surface area contributed by atoms with Crippen LogP contribution >= 0.6 is 0 Å². The van der Waals surface area contributed by atoms with Crippen molar-refractivity contribution in [2.24, 2.45) is 0 Å². The molecule has 2 aromatic rings. The van der Waals surface area contributed by atoms with Gasteiger partial charge in [-0.3, -0.25) is 9.48 Å². The minimum absolute atomic E-state index is 0.228. The van der Waals surface area contributed by atoms with Crippen molar-refractivity contribution >= 4 is 5.78 Å². The molecule has 0 amide bonds. The van der Waals surface area contributed by atoms with Crippen molar-refractivity contribution in [3.63, 3.8) is 0 Å². The first-order chi connectivity index (χ1) is 9.98. The number of rotatable bonds is 6. The molecule has 0 unspecified atom stereocenters. The molecule has 0 spiro atoms. The van der Waals surface area contributed by atoms with Crippen LogP contribution in [0.5, 0.6) is 0 Å². The number of carbonyl (C=O) groups is 1. The average molecular weight is 284 g/mol. The van der Waals surface area contributed by atoms with Crippen molar-refractivity contribution in [1.82, 2.24) is 9.78 Å². The van der Waals surface area contributed by atoms with E-state index in [1.807, 2.05) is 48.9 Å². The Morgan fingerprint density at radius 3 is 2.43 bits per heavy atom. The van der Waals surface area contributed by atoms with Gasteiger partial charge in [0.2, 0.25) is 0 Å². The summed E-state index contributed by atoms with van der Waals surface area (Å²) in [5.74, 6) is 0.228. The second kappa shape index (κ2) is 6.25. The third-order valence-corrected chi connectivity index (χ3v) is 4.11. The fourth-order valence-electron chi connectivity index (χ4n) is 2.51. The summed E-state index contributed by atoms with van der Waals surface area (Å²) in [7, 11) is 0. The molecule has 0 aliphatic heterocycles. The summed E-state index contributed by atoms with van der Waals surface area (Å²) in [5, 5.41) is 4.52. The third-order valence-electron chi connectivity index (χ3n) is 4.11. The quantitative estimate of drug-likeness (QED) is 0.813. The monoisotopic (exact) mass is 284 g/mol. The zero-order valence-electron chi connectivity index (χ0n) is 13.4. The second-order valence-electron chi connectivity index (χ2n) is 5.89. The maximum absolute atomic E-state index is 12.8. The highest BCUT2D eigenvalue weighted by Crippen LogP contribution is 2.25. The van der Waals surface area contributed by atoms with E-state index >= 15 is 0 Å². The average Bonchev–Trinajstić information content (AvgIpc) is 2.90.